The van der Waals surface area contributed by atoms with Crippen molar-refractivity contribution in [3.8, 4) is 17.4 Å². The second-order valence-corrected chi connectivity index (χ2v) is 4.70. The van der Waals surface area contributed by atoms with Gasteiger partial charge in [0.2, 0.25) is 0 Å². The second-order valence-electron chi connectivity index (χ2n) is 3.86. The summed E-state index contributed by atoms with van der Waals surface area (Å²) in [6, 6.07) is 9.99. The van der Waals surface area contributed by atoms with E-state index in [2.05, 4.69) is 0 Å². The Hall–Kier alpha value is -2.22. The quantitative estimate of drug-likeness (QED) is 0.694. The van der Waals surface area contributed by atoms with Gasteiger partial charge in [-0.25, -0.2) is 0 Å². The van der Waals surface area contributed by atoms with E-state index in [9.17, 15) is 4.79 Å². The fraction of sp³-hybridized carbons (Fsp3) is 0. The Morgan fingerprint density at radius 3 is 2.65 bits per heavy atom. The molecule has 0 spiro atoms. The highest BCUT2D eigenvalue weighted by molar-refractivity contribution is 6.36. The number of benzene rings is 1. The highest BCUT2D eigenvalue weighted by atomic mass is 35.5. The summed E-state index contributed by atoms with van der Waals surface area (Å²) >= 11 is 11.9. The van der Waals surface area contributed by atoms with Crippen molar-refractivity contribution >= 4 is 35.2 Å². The van der Waals surface area contributed by atoms with Crippen LogP contribution in [0, 0.1) is 11.3 Å². The van der Waals surface area contributed by atoms with Crippen LogP contribution in [0.4, 0.5) is 0 Å². The number of carbonyl (C=O) groups excluding carboxylic acids is 1. The van der Waals surface area contributed by atoms with Crippen LogP contribution in [-0.4, -0.2) is 5.91 Å². The first-order valence-electron chi connectivity index (χ1n) is 5.48. The van der Waals surface area contributed by atoms with Crippen molar-refractivity contribution in [2.45, 2.75) is 0 Å². The summed E-state index contributed by atoms with van der Waals surface area (Å²) in [5.41, 5.74) is 5.52. The molecule has 100 valence electrons. The molecule has 0 unspecified atom stereocenters. The molecule has 0 atom stereocenters. The van der Waals surface area contributed by atoms with E-state index in [4.69, 9.17) is 38.6 Å². The number of carbonyl (C=O) groups is 1. The lowest BCUT2D eigenvalue weighted by molar-refractivity contribution is -0.114. The van der Waals surface area contributed by atoms with E-state index >= 15 is 0 Å². The maximum absolute atomic E-state index is 11.0. The van der Waals surface area contributed by atoms with Crippen LogP contribution in [0.25, 0.3) is 17.4 Å². The molecule has 0 aliphatic heterocycles. The van der Waals surface area contributed by atoms with E-state index in [0.717, 1.165) is 0 Å². The zero-order valence-electron chi connectivity index (χ0n) is 10.1. The Morgan fingerprint density at radius 2 is 2.05 bits per heavy atom. The van der Waals surface area contributed by atoms with Gasteiger partial charge in [-0.1, -0.05) is 23.2 Å². The van der Waals surface area contributed by atoms with Crippen LogP contribution in [0.15, 0.2) is 40.3 Å². The molecule has 0 saturated heterocycles. The van der Waals surface area contributed by atoms with Gasteiger partial charge in [-0.05, 0) is 30.3 Å². The summed E-state index contributed by atoms with van der Waals surface area (Å²) in [7, 11) is 0. The van der Waals surface area contributed by atoms with Crippen molar-refractivity contribution in [2.75, 3.05) is 0 Å². The molecule has 0 radical (unpaired) electrons. The Kier molecular flexibility index (Phi) is 4.14. The highest BCUT2D eigenvalue weighted by Crippen LogP contribution is 2.31. The molecule has 0 fully saturated rings. The van der Waals surface area contributed by atoms with Crippen LogP contribution >= 0.6 is 23.2 Å². The third-order valence-corrected chi connectivity index (χ3v) is 3.04. The number of primary amides is 1. The lowest BCUT2D eigenvalue weighted by Crippen LogP contribution is -2.12. The summed E-state index contributed by atoms with van der Waals surface area (Å²) in [6.07, 6.45) is 1.27. The normalized spacial score (nSPS) is 11.2. The molecule has 1 aromatic heterocycles. The van der Waals surface area contributed by atoms with Crippen molar-refractivity contribution in [2.24, 2.45) is 5.73 Å². The summed E-state index contributed by atoms with van der Waals surface area (Å²) < 4.78 is 5.51. The van der Waals surface area contributed by atoms with Gasteiger partial charge in [0.1, 0.15) is 23.2 Å². The number of nitrogens with two attached hydrogens (primary N) is 1. The third kappa shape index (κ3) is 3.02. The van der Waals surface area contributed by atoms with E-state index in [-0.39, 0.29) is 5.57 Å². The summed E-state index contributed by atoms with van der Waals surface area (Å²) in [5, 5.41) is 9.72. The Morgan fingerprint density at radius 1 is 1.30 bits per heavy atom. The minimum absolute atomic E-state index is 0.187. The van der Waals surface area contributed by atoms with Gasteiger partial charge in [0.15, 0.2) is 0 Å². The number of nitriles is 1. The molecule has 1 amide bonds. The number of furan rings is 1. The predicted octanol–water partition coefficient (Wildman–Crippen LogP) is 3.65. The maximum Gasteiger partial charge on any atom is 0.259 e. The Bertz CT molecular complexity index is 742. The number of rotatable bonds is 3. The molecule has 4 nitrogen and oxygen atoms in total. The first-order valence-corrected chi connectivity index (χ1v) is 6.23. The van der Waals surface area contributed by atoms with E-state index in [1.807, 2.05) is 0 Å². The highest BCUT2D eigenvalue weighted by Gasteiger charge is 2.10. The number of hydrogen-bond acceptors (Lipinski definition) is 3. The van der Waals surface area contributed by atoms with Crippen LogP contribution in [0.3, 0.4) is 0 Å². The molecule has 6 heteroatoms. The standard InChI is InChI=1S/C14H8Cl2N2O2/c15-9-1-3-11(12(16)6-9)13-4-2-10(20-13)5-8(7-17)14(18)19/h1-6H,(H2,18,19)/b8-5+. The summed E-state index contributed by atoms with van der Waals surface area (Å²) in [4.78, 5) is 11.0. The van der Waals surface area contributed by atoms with Crippen molar-refractivity contribution < 1.29 is 9.21 Å². The van der Waals surface area contributed by atoms with Gasteiger partial charge >= 0.3 is 0 Å². The second kappa shape index (κ2) is 5.83. The number of nitrogens with zero attached hydrogens (tertiary/aromatic N) is 1. The van der Waals surface area contributed by atoms with Crippen molar-refractivity contribution in [1.29, 1.82) is 5.26 Å². The minimum atomic E-state index is -0.810. The van der Waals surface area contributed by atoms with E-state index in [1.165, 1.54) is 6.08 Å². The van der Waals surface area contributed by atoms with E-state index in [0.29, 0.717) is 27.1 Å². The molecule has 20 heavy (non-hydrogen) atoms. The first kappa shape index (κ1) is 14.2. The zero-order chi connectivity index (χ0) is 14.7. The lowest BCUT2D eigenvalue weighted by atomic mass is 10.2. The fourth-order valence-electron chi connectivity index (χ4n) is 1.57. The van der Waals surface area contributed by atoms with Gasteiger partial charge in [-0.2, -0.15) is 5.26 Å². The van der Waals surface area contributed by atoms with Crippen LogP contribution < -0.4 is 5.73 Å². The molecule has 1 heterocycles. The molecule has 0 aliphatic rings. The third-order valence-electron chi connectivity index (χ3n) is 2.50. The van der Waals surface area contributed by atoms with Gasteiger partial charge in [-0.3, -0.25) is 4.79 Å². The summed E-state index contributed by atoms with van der Waals surface area (Å²) in [5.74, 6) is 0.0241. The van der Waals surface area contributed by atoms with Crippen molar-refractivity contribution in [1.82, 2.24) is 0 Å². The molecular weight excluding hydrogens is 299 g/mol. The Labute approximate surface area is 125 Å². The largest absolute Gasteiger partial charge is 0.457 e. The average molecular weight is 307 g/mol. The molecule has 2 rings (SSSR count). The predicted molar refractivity (Wildman–Crippen MR) is 76.9 cm³/mol. The molecule has 1 aromatic carbocycles. The molecule has 0 bridgehead atoms. The maximum atomic E-state index is 11.0. The van der Waals surface area contributed by atoms with Crippen LogP contribution in [0.1, 0.15) is 5.76 Å². The smallest absolute Gasteiger partial charge is 0.259 e. The average Bonchev–Trinajstić information content (AvgIpc) is 2.83. The fourth-order valence-corrected chi connectivity index (χ4v) is 2.07. The SMILES string of the molecule is N#C/C(=C\c1ccc(-c2ccc(Cl)cc2Cl)o1)C(N)=O. The zero-order valence-corrected chi connectivity index (χ0v) is 11.6. The van der Waals surface area contributed by atoms with Gasteiger partial charge < -0.3 is 10.2 Å². The van der Waals surface area contributed by atoms with Crippen molar-refractivity contribution in [3.05, 3.63) is 51.7 Å². The van der Waals surface area contributed by atoms with Crippen molar-refractivity contribution in [3.63, 3.8) is 0 Å². The van der Waals surface area contributed by atoms with Gasteiger partial charge in [0.05, 0.1) is 5.02 Å². The van der Waals surface area contributed by atoms with E-state index in [1.54, 1.807) is 36.4 Å². The molecule has 0 aliphatic carbocycles. The van der Waals surface area contributed by atoms with Crippen LogP contribution in [0.2, 0.25) is 10.0 Å². The van der Waals surface area contributed by atoms with Crippen LogP contribution in [0.5, 0.6) is 0 Å². The monoisotopic (exact) mass is 306 g/mol. The molecule has 2 N–H and O–H groups in total. The Balaban J connectivity index is 2.39. The lowest BCUT2D eigenvalue weighted by Gasteiger charge is -2.00. The van der Waals surface area contributed by atoms with E-state index < -0.39 is 5.91 Å². The topological polar surface area (TPSA) is 80.0 Å². The first-order chi connectivity index (χ1) is 9.51. The van der Waals surface area contributed by atoms with Gasteiger partial charge in [0.25, 0.3) is 5.91 Å². The summed E-state index contributed by atoms with van der Waals surface area (Å²) in [6.45, 7) is 0. The van der Waals surface area contributed by atoms with Gasteiger partial charge in [0, 0.05) is 16.7 Å². The van der Waals surface area contributed by atoms with Crippen LogP contribution in [-0.2, 0) is 4.79 Å². The number of amides is 1. The molecule has 2 aromatic rings. The number of halogens is 2. The molecular formula is C14H8Cl2N2O2. The van der Waals surface area contributed by atoms with Gasteiger partial charge in [-0.15, -0.1) is 0 Å². The minimum Gasteiger partial charge on any atom is -0.457 e. The molecule has 0 saturated carbocycles. The number of hydrogen-bond donors (Lipinski definition) is 1.